The number of pyridine rings is 1. The first kappa shape index (κ1) is 40.0. The molecular weight excluding hydrogens is 769 g/mol. The van der Waals surface area contributed by atoms with Crippen LogP contribution in [0.25, 0.3) is 22.2 Å². The Morgan fingerprint density at radius 3 is 2.66 bits per heavy atom. The summed E-state index contributed by atoms with van der Waals surface area (Å²) in [5.74, 6) is -0.165. The first-order chi connectivity index (χ1) is 28.5. The third kappa shape index (κ3) is 8.80. The van der Waals surface area contributed by atoms with Gasteiger partial charge in [0.25, 0.3) is 21.6 Å². The third-order valence-corrected chi connectivity index (χ3v) is 13.1. The number of anilines is 1. The molecule has 2 unspecified atom stereocenters. The second kappa shape index (κ2) is 17.2. The van der Waals surface area contributed by atoms with E-state index in [1.165, 1.54) is 29.5 Å². The van der Waals surface area contributed by atoms with Gasteiger partial charge in [-0.15, -0.1) is 0 Å². The van der Waals surface area contributed by atoms with Gasteiger partial charge in [-0.1, -0.05) is 48.6 Å². The number of aromatic nitrogens is 2. The highest BCUT2D eigenvalue weighted by Crippen LogP contribution is 2.42. The number of nitrogens with one attached hydrogen (secondary N) is 3. The molecule has 2 aromatic heterocycles. The van der Waals surface area contributed by atoms with Crippen molar-refractivity contribution in [3.05, 3.63) is 130 Å². The number of nitro benzene ring substituents is 1. The van der Waals surface area contributed by atoms with E-state index in [4.69, 9.17) is 9.47 Å². The number of carbonyl (C=O) groups is 1. The summed E-state index contributed by atoms with van der Waals surface area (Å²) in [4.78, 5) is 35.0. The summed E-state index contributed by atoms with van der Waals surface area (Å²) in [6, 6.07) is 21.6. The maximum Gasteiger partial charge on any atom is 0.293 e. The van der Waals surface area contributed by atoms with Gasteiger partial charge in [0.15, 0.2) is 0 Å². The van der Waals surface area contributed by atoms with Gasteiger partial charge in [-0.05, 0) is 123 Å². The van der Waals surface area contributed by atoms with Crippen molar-refractivity contribution < 1.29 is 27.6 Å². The Kier molecular flexibility index (Phi) is 11.6. The highest BCUT2D eigenvalue weighted by molar-refractivity contribution is 7.90. The second-order valence-electron chi connectivity index (χ2n) is 15.6. The molecule has 0 radical (unpaired) electrons. The van der Waals surface area contributed by atoms with Crippen molar-refractivity contribution in [3.8, 4) is 11.5 Å². The molecule has 8 rings (SSSR count). The smallest absolute Gasteiger partial charge is 0.293 e. The standard InChI is InChI=1S/C45H48N6O7S/c1-29(2)37-6-3-4-7-38(37)41-8-5-21-50(41)34-12-9-31(10-13-34)32-11-15-39(43(25-32)58-35-24-33-17-20-46-44(33)48-28-35)45(52)49-59(55,56)36-14-16-40(42(26-36)51(53)54)47-27-30-18-22-57-23-19-30/h3-4,6-7,9,11,14-17,20,24-26,28,30,34,41,47H,1,5,8,10,12-13,18-19,21-23,27H2,2H3,(H,46,48)(H,49,52). The Hall–Kier alpha value is -5.83. The third-order valence-electron chi connectivity index (χ3n) is 11.8. The number of aromatic amines is 1. The second-order valence-corrected chi connectivity index (χ2v) is 17.3. The number of amides is 1. The van der Waals surface area contributed by atoms with Crippen molar-refractivity contribution in [3.63, 3.8) is 0 Å². The van der Waals surface area contributed by atoms with Gasteiger partial charge in [0, 0.05) is 49.5 Å². The molecule has 3 N–H and O–H groups in total. The number of likely N-dealkylation sites (tertiary alicyclic amines) is 1. The number of sulfonamides is 1. The van der Waals surface area contributed by atoms with Crippen molar-refractivity contribution in [2.45, 2.75) is 68.8 Å². The normalized spacial score (nSPS) is 19.0. The average molecular weight is 817 g/mol. The highest BCUT2D eigenvalue weighted by atomic mass is 32.2. The molecule has 3 aromatic carbocycles. The maximum absolute atomic E-state index is 13.9. The molecule has 306 valence electrons. The number of fused-ring (bicyclic) bond motifs is 1. The fourth-order valence-electron chi connectivity index (χ4n) is 8.64. The van der Waals surface area contributed by atoms with Gasteiger partial charge in [0.05, 0.1) is 21.6 Å². The van der Waals surface area contributed by atoms with Gasteiger partial charge in [0.1, 0.15) is 22.8 Å². The first-order valence-electron chi connectivity index (χ1n) is 20.2. The summed E-state index contributed by atoms with van der Waals surface area (Å²) >= 11 is 0. The number of nitro groups is 1. The van der Waals surface area contributed by atoms with E-state index in [1.54, 1.807) is 30.5 Å². The zero-order valence-corrected chi connectivity index (χ0v) is 33.8. The van der Waals surface area contributed by atoms with E-state index in [0.717, 1.165) is 79.7 Å². The monoisotopic (exact) mass is 816 g/mol. The Balaban J connectivity index is 1.04. The molecule has 0 spiro atoms. The van der Waals surface area contributed by atoms with Gasteiger partial charge in [-0.3, -0.25) is 19.8 Å². The number of nitrogens with zero attached hydrogens (tertiary/aromatic N) is 3. The minimum atomic E-state index is -4.55. The van der Waals surface area contributed by atoms with Crippen LogP contribution in [0, 0.1) is 16.0 Å². The predicted octanol–water partition coefficient (Wildman–Crippen LogP) is 9.03. The molecule has 4 heterocycles. The average Bonchev–Trinajstić information content (AvgIpc) is 3.93. The summed E-state index contributed by atoms with van der Waals surface area (Å²) < 4.78 is 41.1. The fourth-order valence-corrected chi connectivity index (χ4v) is 9.62. The maximum atomic E-state index is 13.9. The zero-order chi connectivity index (χ0) is 41.1. The summed E-state index contributed by atoms with van der Waals surface area (Å²) in [7, 11) is -4.55. The lowest BCUT2D eigenvalue weighted by molar-refractivity contribution is -0.384. The first-order valence-corrected chi connectivity index (χ1v) is 21.6. The lowest BCUT2D eigenvalue weighted by Crippen LogP contribution is -2.36. The summed E-state index contributed by atoms with van der Waals surface area (Å²) in [6.07, 6.45) is 12.1. The van der Waals surface area contributed by atoms with Crippen molar-refractivity contribution in [2.75, 3.05) is 31.6 Å². The van der Waals surface area contributed by atoms with E-state index < -0.39 is 31.4 Å². The van der Waals surface area contributed by atoms with E-state index in [2.05, 4.69) is 68.8 Å². The van der Waals surface area contributed by atoms with Crippen LogP contribution < -0.4 is 14.8 Å². The van der Waals surface area contributed by atoms with Crippen LogP contribution in [-0.4, -0.2) is 66.5 Å². The summed E-state index contributed by atoms with van der Waals surface area (Å²) in [6.45, 7) is 9.08. The molecule has 2 fully saturated rings. The lowest BCUT2D eigenvalue weighted by atomic mass is 9.88. The molecule has 0 bridgehead atoms. The molecule has 13 nitrogen and oxygen atoms in total. The van der Waals surface area contributed by atoms with E-state index in [0.29, 0.717) is 43.2 Å². The van der Waals surface area contributed by atoms with Crippen LogP contribution in [0.15, 0.2) is 103 Å². The highest BCUT2D eigenvalue weighted by Gasteiger charge is 2.34. The Labute approximate surface area is 343 Å². The molecule has 5 aromatic rings. The van der Waals surface area contributed by atoms with Gasteiger partial charge >= 0.3 is 0 Å². The van der Waals surface area contributed by atoms with Crippen LogP contribution >= 0.6 is 0 Å². The molecule has 14 heteroatoms. The van der Waals surface area contributed by atoms with E-state index in [1.807, 2.05) is 6.07 Å². The number of carbonyl (C=O) groups excluding carboxylic acids is 1. The van der Waals surface area contributed by atoms with Crippen molar-refractivity contribution in [1.29, 1.82) is 0 Å². The summed E-state index contributed by atoms with van der Waals surface area (Å²) in [5, 5.41) is 16.0. The van der Waals surface area contributed by atoms with Gasteiger partial charge in [0.2, 0.25) is 0 Å². The summed E-state index contributed by atoms with van der Waals surface area (Å²) in [5.41, 5.74) is 6.03. The van der Waals surface area contributed by atoms with Gasteiger partial charge < -0.3 is 19.8 Å². The number of ether oxygens (including phenoxy) is 2. The Morgan fingerprint density at radius 1 is 1.05 bits per heavy atom. The molecule has 59 heavy (non-hydrogen) atoms. The van der Waals surface area contributed by atoms with Crippen LogP contribution in [0.5, 0.6) is 11.5 Å². The minimum Gasteiger partial charge on any atom is -0.455 e. The molecule has 0 saturated carbocycles. The number of rotatable bonds is 13. The fraction of sp³-hybridized carbons (Fsp3) is 0.333. The largest absolute Gasteiger partial charge is 0.455 e. The van der Waals surface area contributed by atoms with Crippen LogP contribution in [0.3, 0.4) is 0 Å². The SMILES string of the molecule is C=C(C)c1ccccc1C1CCCN1C1CC=C(c2ccc(C(=O)NS(=O)(=O)c3ccc(NCC4CCOCC4)c([N+](=O)[O-])c3)c(Oc3cnc4[nH]ccc4c3)c2)CC1. The van der Waals surface area contributed by atoms with E-state index >= 15 is 0 Å². The Morgan fingerprint density at radius 2 is 1.88 bits per heavy atom. The molecular formula is C45H48N6O7S. The van der Waals surface area contributed by atoms with E-state index in [9.17, 15) is 23.3 Å². The molecule has 2 atom stereocenters. The topological polar surface area (TPSA) is 169 Å². The number of benzene rings is 3. The predicted molar refractivity (Wildman–Crippen MR) is 228 cm³/mol. The van der Waals surface area contributed by atoms with Crippen LogP contribution in [0.2, 0.25) is 0 Å². The molecule has 1 aliphatic carbocycles. The number of allylic oxidation sites excluding steroid dienone is 2. The molecule has 3 aliphatic rings. The number of H-pyrrole nitrogens is 1. The van der Waals surface area contributed by atoms with Crippen LogP contribution in [0.1, 0.15) is 85.0 Å². The quantitative estimate of drug-likeness (QED) is 0.0770. The molecule has 2 aliphatic heterocycles. The van der Waals surface area contributed by atoms with Crippen molar-refractivity contribution >= 4 is 49.5 Å². The van der Waals surface area contributed by atoms with Gasteiger partial charge in [-0.25, -0.2) is 18.1 Å². The minimum absolute atomic E-state index is 0.0267. The number of hydrogen-bond acceptors (Lipinski definition) is 10. The number of hydrogen-bond donors (Lipinski definition) is 3. The lowest BCUT2D eigenvalue weighted by Gasteiger charge is -2.36. The van der Waals surface area contributed by atoms with Crippen molar-refractivity contribution in [2.24, 2.45) is 5.92 Å². The Bertz CT molecular complexity index is 2540. The molecule has 2 saturated heterocycles. The molecule has 1 amide bonds. The zero-order valence-electron chi connectivity index (χ0n) is 33.0. The van der Waals surface area contributed by atoms with Crippen LogP contribution in [0.4, 0.5) is 11.4 Å². The van der Waals surface area contributed by atoms with Crippen LogP contribution in [-0.2, 0) is 14.8 Å². The van der Waals surface area contributed by atoms with Gasteiger partial charge in [-0.2, -0.15) is 0 Å². The van der Waals surface area contributed by atoms with Crippen molar-refractivity contribution in [1.82, 2.24) is 19.6 Å². The van der Waals surface area contributed by atoms with E-state index in [-0.39, 0.29) is 22.9 Å².